The molecule has 2 amide bonds. The first kappa shape index (κ1) is 28.2. The number of aliphatic hydroxyl groups is 1. The fraction of sp³-hybridized carbons (Fsp3) is 0.833. The Hall–Kier alpha value is -1.34. The second-order valence-electron chi connectivity index (χ2n) is 12.1. The molecule has 3 aliphatic heterocycles. The molecule has 3 heterocycles. The summed E-state index contributed by atoms with van der Waals surface area (Å²) in [7, 11) is -2.19. The number of imide groups is 1. The van der Waals surface area contributed by atoms with Gasteiger partial charge in [0.05, 0.1) is 25.4 Å². The van der Waals surface area contributed by atoms with E-state index >= 15 is 0 Å². The summed E-state index contributed by atoms with van der Waals surface area (Å²) in [5, 5.41) is 11.1. The minimum Gasteiger partial charge on any atom is -0.443 e. The van der Waals surface area contributed by atoms with Gasteiger partial charge in [-0.2, -0.15) is 0 Å². The minimum atomic E-state index is -2.19. The lowest BCUT2D eigenvalue weighted by atomic mass is 10.0. The fourth-order valence-electron chi connectivity index (χ4n) is 4.31. The molecule has 0 unspecified atom stereocenters. The summed E-state index contributed by atoms with van der Waals surface area (Å²) in [5.74, 6) is -2.38. The van der Waals surface area contributed by atoms with Crippen molar-refractivity contribution >= 4 is 20.3 Å². The average molecular weight is 516 g/mol. The number of amides is 2. The van der Waals surface area contributed by atoms with Crippen molar-refractivity contribution in [1.29, 1.82) is 0 Å². The van der Waals surface area contributed by atoms with Gasteiger partial charge in [-0.05, 0) is 74.2 Å². The van der Waals surface area contributed by atoms with Crippen LogP contribution in [-0.4, -0.2) is 91.2 Å². The third kappa shape index (κ3) is 6.91. The van der Waals surface area contributed by atoms with Crippen LogP contribution in [0.2, 0.25) is 19.6 Å². The third-order valence-electron chi connectivity index (χ3n) is 5.63. The molecule has 0 bridgehead atoms. The highest BCUT2D eigenvalue weighted by Gasteiger charge is 2.52. The van der Waals surface area contributed by atoms with Crippen LogP contribution in [0.1, 0.15) is 48.5 Å². The number of carbonyl (C=O) groups excluding carboxylic acids is 2. The van der Waals surface area contributed by atoms with E-state index in [4.69, 9.17) is 28.1 Å². The maximum absolute atomic E-state index is 13.6. The second kappa shape index (κ2) is 9.51. The van der Waals surface area contributed by atoms with Gasteiger partial charge in [0.2, 0.25) is 0 Å². The summed E-state index contributed by atoms with van der Waals surface area (Å²) in [6.45, 7) is 18.6. The first-order valence-corrected chi connectivity index (χ1v) is 15.5. The number of hydrogen-bond acceptors (Lipinski definition) is 9. The number of nitrogens with zero attached hydrogens (tertiary/aromatic N) is 1. The zero-order valence-electron chi connectivity index (χ0n) is 22.5. The van der Waals surface area contributed by atoms with Crippen molar-refractivity contribution in [2.75, 3.05) is 13.2 Å². The van der Waals surface area contributed by atoms with Gasteiger partial charge in [0.15, 0.2) is 19.9 Å². The predicted octanol–water partition coefficient (Wildman–Crippen LogP) is 2.94. The maximum atomic E-state index is 13.6. The van der Waals surface area contributed by atoms with E-state index in [0.717, 1.165) is 4.90 Å². The van der Waals surface area contributed by atoms with Crippen molar-refractivity contribution in [2.45, 2.75) is 116 Å². The normalized spacial score (nSPS) is 30.4. The molecule has 5 atom stereocenters. The first-order valence-electron chi connectivity index (χ1n) is 12.1. The summed E-state index contributed by atoms with van der Waals surface area (Å²) in [6.07, 6.45) is -2.58. The van der Waals surface area contributed by atoms with Gasteiger partial charge in [-0.15, -0.1) is 0 Å². The molecule has 3 aliphatic rings. The van der Waals surface area contributed by atoms with Crippen LogP contribution in [0.4, 0.5) is 4.79 Å². The lowest BCUT2D eigenvalue weighted by Gasteiger charge is -2.37. The Kier molecular flexibility index (Phi) is 7.67. The van der Waals surface area contributed by atoms with Gasteiger partial charge < -0.3 is 33.2 Å². The fourth-order valence-corrected chi connectivity index (χ4v) is 5.42. The van der Waals surface area contributed by atoms with E-state index in [-0.39, 0.29) is 18.8 Å². The van der Waals surface area contributed by atoms with E-state index in [1.54, 1.807) is 54.5 Å². The molecular formula is C24H41NO9Si. The summed E-state index contributed by atoms with van der Waals surface area (Å²) in [4.78, 5) is 27.9. The van der Waals surface area contributed by atoms with E-state index in [1.165, 1.54) is 0 Å². The van der Waals surface area contributed by atoms with E-state index in [1.807, 2.05) is 19.6 Å². The lowest BCUT2D eigenvalue weighted by molar-refractivity contribution is -0.154. The molecule has 35 heavy (non-hydrogen) atoms. The molecule has 0 aromatic rings. The Morgan fingerprint density at radius 2 is 1.60 bits per heavy atom. The van der Waals surface area contributed by atoms with Gasteiger partial charge >= 0.3 is 6.09 Å². The molecule has 3 rings (SSSR count). The van der Waals surface area contributed by atoms with Crippen LogP contribution >= 0.6 is 0 Å². The first-order chi connectivity index (χ1) is 15.8. The molecule has 1 N–H and O–H groups in total. The van der Waals surface area contributed by atoms with Gasteiger partial charge in [0.25, 0.3) is 5.91 Å². The largest absolute Gasteiger partial charge is 0.443 e. The Bertz CT molecular complexity index is 858. The summed E-state index contributed by atoms with van der Waals surface area (Å²) >= 11 is 0. The molecule has 0 aromatic carbocycles. The zero-order valence-corrected chi connectivity index (χ0v) is 23.5. The summed E-state index contributed by atoms with van der Waals surface area (Å²) in [5.41, 5.74) is -0.797. The quantitative estimate of drug-likeness (QED) is 0.533. The van der Waals surface area contributed by atoms with Crippen LogP contribution in [0.3, 0.4) is 0 Å². The van der Waals surface area contributed by atoms with Crippen molar-refractivity contribution < 1.29 is 42.8 Å². The molecule has 2 saturated heterocycles. The number of hydrogen-bond donors (Lipinski definition) is 1. The van der Waals surface area contributed by atoms with Crippen LogP contribution in [0, 0.1) is 0 Å². The van der Waals surface area contributed by atoms with Gasteiger partial charge in [-0.3, -0.25) is 4.79 Å². The second-order valence-corrected chi connectivity index (χ2v) is 16.6. The maximum Gasteiger partial charge on any atom is 0.417 e. The number of rotatable bonds is 6. The monoisotopic (exact) mass is 515 g/mol. The molecule has 0 aromatic heterocycles. The van der Waals surface area contributed by atoms with Crippen LogP contribution in [0.15, 0.2) is 11.6 Å². The Morgan fingerprint density at radius 1 is 1.09 bits per heavy atom. The van der Waals surface area contributed by atoms with Crippen molar-refractivity contribution in [1.82, 2.24) is 4.90 Å². The molecular weight excluding hydrogens is 474 g/mol. The minimum absolute atomic E-state index is 0.0366. The van der Waals surface area contributed by atoms with Crippen LogP contribution in [0.5, 0.6) is 0 Å². The number of ether oxygens (including phenoxy) is 5. The molecule has 0 spiro atoms. The third-order valence-corrected chi connectivity index (χ3v) is 6.61. The predicted molar refractivity (Wildman–Crippen MR) is 129 cm³/mol. The molecule has 200 valence electrons. The summed E-state index contributed by atoms with van der Waals surface area (Å²) in [6, 6.07) is -0.869. The van der Waals surface area contributed by atoms with Gasteiger partial charge in [-0.1, -0.05) is 0 Å². The summed E-state index contributed by atoms with van der Waals surface area (Å²) < 4.78 is 35.3. The zero-order chi connectivity index (χ0) is 26.6. The lowest BCUT2D eigenvalue weighted by Crippen LogP contribution is -2.55. The van der Waals surface area contributed by atoms with E-state index < -0.39 is 68.0 Å². The van der Waals surface area contributed by atoms with Crippen molar-refractivity contribution in [3.63, 3.8) is 0 Å². The average Bonchev–Trinajstić information content (AvgIpc) is 3.31. The van der Waals surface area contributed by atoms with Gasteiger partial charge in [0, 0.05) is 5.57 Å². The Morgan fingerprint density at radius 3 is 2.03 bits per heavy atom. The number of aliphatic hydroxyl groups excluding tert-OH is 1. The van der Waals surface area contributed by atoms with Crippen LogP contribution in [-0.2, 0) is 32.9 Å². The molecule has 0 radical (unpaired) electrons. The van der Waals surface area contributed by atoms with E-state index in [0.29, 0.717) is 0 Å². The highest BCUT2D eigenvalue weighted by molar-refractivity contribution is 6.69. The van der Waals surface area contributed by atoms with Crippen molar-refractivity contribution in [3.8, 4) is 0 Å². The van der Waals surface area contributed by atoms with Crippen LogP contribution < -0.4 is 0 Å². The molecule has 0 saturated carbocycles. The highest BCUT2D eigenvalue weighted by Crippen LogP contribution is 2.36. The number of carbonyl (C=O) groups is 2. The molecule has 10 nitrogen and oxygen atoms in total. The van der Waals surface area contributed by atoms with E-state index in [2.05, 4.69) is 0 Å². The smallest absolute Gasteiger partial charge is 0.417 e. The molecule has 0 aliphatic carbocycles. The SMILES string of the molecule is CC(C)(C)OC(=O)N1C(=O)C([C@H](O)[C@H]2COC(C)(C)O2)=C[C@H]1[C@@H](O[Si](C)(C)C)[C@@H]1COC(C)(C)O1. The van der Waals surface area contributed by atoms with E-state index in [9.17, 15) is 14.7 Å². The molecule has 2 fully saturated rings. The highest BCUT2D eigenvalue weighted by atomic mass is 28.4. The topological polar surface area (TPSA) is 113 Å². The van der Waals surface area contributed by atoms with Gasteiger partial charge in [0.1, 0.15) is 23.9 Å². The standard InChI is InChI=1S/C24H41NO9Si/c1-22(2,3)33-21(28)25-15(19(34-35(8,9)10)17-13-30-24(6,7)32-17)11-14(20(25)27)18(26)16-12-29-23(4,5)31-16/h11,15-19,26H,12-13H2,1-10H3/t15-,16+,17-,18-,19+/m0/s1. The van der Waals surface area contributed by atoms with Crippen molar-refractivity contribution in [2.24, 2.45) is 0 Å². The van der Waals surface area contributed by atoms with Gasteiger partial charge in [-0.25, -0.2) is 9.69 Å². The van der Waals surface area contributed by atoms with Crippen LogP contribution in [0.25, 0.3) is 0 Å². The Balaban J connectivity index is 2.00. The Labute approximate surface area is 208 Å². The van der Waals surface area contributed by atoms with Crippen molar-refractivity contribution in [3.05, 3.63) is 11.6 Å². The molecule has 11 heteroatoms.